The van der Waals surface area contributed by atoms with Crippen LogP contribution in [0.5, 0.6) is 0 Å². The molecule has 0 atom stereocenters. The van der Waals surface area contributed by atoms with Crippen molar-refractivity contribution in [2.75, 3.05) is 0 Å². The Morgan fingerprint density at radius 1 is 0.900 bits per heavy atom. The molecule has 0 amide bonds. The molecule has 0 bridgehead atoms. The third kappa shape index (κ3) is 3.59. The molecule has 0 radical (unpaired) electrons. The van der Waals surface area contributed by atoms with Crippen molar-refractivity contribution >= 4 is 5.78 Å². The number of hydrogen-bond acceptors (Lipinski definition) is 1. The zero-order chi connectivity index (χ0) is 15.4. The fraction of sp³-hybridized carbons (Fsp3) is 0.526. The Morgan fingerprint density at radius 3 is 1.65 bits per heavy atom. The van der Waals surface area contributed by atoms with E-state index in [1.165, 1.54) is 16.7 Å². The molecule has 1 nitrogen and oxygen atoms in total. The van der Waals surface area contributed by atoms with E-state index in [2.05, 4.69) is 53.7 Å². The topological polar surface area (TPSA) is 17.1 Å². The van der Waals surface area contributed by atoms with E-state index in [9.17, 15) is 4.79 Å². The van der Waals surface area contributed by atoms with Crippen molar-refractivity contribution in [3.63, 3.8) is 0 Å². The van der Waals surface area contributed by atoms with Crippen molar-refractivity contribution in [2.45, 2.75) is 66.2 Å². The Hall–Kier alpha value is -1.37. The van der Waals surface area contributed by atoms with E-state index < -0.39 is 0 Å². The molecule has 0 aliphatic rings. The quantitative estimate of drug-likeness (QED) is 0.488. The highest BCUT2D eigenvalue weighted by molar-refractivity contribution is 6.07. The van der Waals surface area contributed by atoms with E-state index in [1.807, 2.05) is 13.0 Å². The molecule has 1 aromatic rings. The van der Waals surface area contributed by atoms with Gasteiger partial charge in [-0.3, -0.25) is 4.79 Å². The zero-order valence-electron chi connectivity index (χ0n) is 13.9. The Bertz CT molecular complexity index is 475. The smallest absolute Gasteiger partial charge is 0.186 e. The Balaban J connectivity index is 3.63. The van der Waals surface area contributed by atoms with Crippen LogP contribution in [-0.4, -0.2) is 5.78 Å². The second-order valence-corrected chi connectivity index (χ2v) is 6.40. The van der Waals surface area contributed by atoms with Crippen LogP contribution in [0.4, 0.5) is 0 Å². The van der Waals surface area contributed by atoms with E-state index in [0.29, 0.717) is 17.8 Å². The third-order valence-electron chi connectivity index (χ3n) is 3.70. The van der Waals surface area contributed by atoms with Gasteiger partial charge in [0, 0.05) is 5.56 Å². The first-order valence-electron chi connectivity index (χ1n) is 7.64. The maximum absolute atomic E-state index is 12.5. The molecule has 1 rings (SSSR count). The highest BCUT2D eigenvalue weighted by Gasteiger charge is 2.20. The highest BCUT2D eigenvalue weighted by atomic mass is 16.1. The summed E-state index contributed by atoms with van der Waals surface area (Å²) >= 11 is 0. The fourth-order valence-corrected chi connectivity index (χ4v) is 2.48. The van der Waals surface area contributed by atoms with Crippen LogP contribution < -0.4 is 0 Å². The molecule has 0 N–H and O–H groups in total. The first-order valence-corrected chi connectivity index (χ1v) is 7.64. The SMILES string of the molecule is CC=CC(=O)c1c(C(C)C)cc(C(C)C)cc1C(C)C. The minimum atomic E-state index is 0.134. The van der Waals surface area contributed by atoms with E-state index in [-0.39, 0.29) is 5.78 Å². The summed E-state index contributed by atoms with van der Waals surface area (Å²) in [7, 11) is 0. The minimum Gasteiger partial charge on any atom is -0.289 e. The van der Waals surface area contributed by atoms with Gasteiger partial charge in [0.25, 0.3) is 0 Å². The summed E-state index contributed by atoms with van der Waals surface area (Å²) < 4.78 is 0. The molecular weight excluding hydrogens is 244 g/mol. The second-order valence-electron chi connectivity index (χ2n) is 6.40. The van der Waals surface area contributed by atoms with E-state index in [1.54, 1.807) is 6.08 Å². The van der Waals surface area contributed by atoms with Crippen molar-refractivity contribution in [2.24, 2.45) is 0 Å². The maximum atomic E-state index is 12.5. The molecule has 0 aliphatic heterocycles. The molecule has 1 heteroatoms. The average molecular weight is 272 g/mol. The van der Waals surface area contributed by atoms with Crippen molar-refractivity contribution in [1.29, 1.82) is 0 Å². The summed E-state index contributed by atoms with van der Waals surface area (Å²) in [6.45, 7) is 15.0. The van der Waals surface area contributed by atoms with Crippen LogP contribution in [0, 0.1) is 0 Å². The summed E-state index contributed by atoms with van der Waals surface area (Å²) in [6, 6.07) is 4.44. The largest absolute Gasteiger partial charge is 0.289 e. The summed E-state index contributed by atoms with van der Waals surface area (Å²) in [5, 5.41) is 0. The molecule has 20 heavy (non-hydrogen) atoms. The Kier molecular flexibility index (Phi) is 5.74. The van der Waals surface area contributed by atoms with Gasteiger partial charge in [-0.1, -0.05) is 59.8 Å². The number of ketones is 1. The molecule has 0 saturated heterocycles. The molecule has 0 spiro atoms. The van der Waals surface area contributed by atoms with Gasteiger partial charge in [-0.05, 0) is 47.4 Å². The first kappa shape index (κ1) is 16.7. The Labute approximate surface area is 124 Å². The molecule has 0 unspecified atom stereocenters. The maximum Gasteiger partial charge on any atom is 0.186 e. The van der Waals surface area contributed by atoms with Crippen LogP contribution in [0.15, 0.2) is 24.3 Å². The van der Waals surface area contributed by atoms with Crippen LogP contribution in [0.25, 0.3) is 0 Å². The molecule has 1 aromatic carbocycles. The normalized spacial score (nSPS) is 12.1. The van der Waals surface area contributed by atoms with Crippen molar-refractivity contribution in [3.8, 4) is 0 Å². The number of allylic oxidation sites excluding steroid dienone is 2. The van der Waals surface area contributed by atoms with Crippen LogP contribution in [0.1, 0.15) is 93.3 Å². The highest BCUT2D eigenvalue weighted by Crippen LogP contribution is 2.32. The van der Waals surface area contributed by atoms with Crippen LogP contribution in [0.3, 0.4) is 0 Å². The molecular formula is C19H28O. The Morgan fingerprint density at radius 2 is 1.35 bits per heavy atom. The number of hydrogen-bond donors (Lipinski definition) is 0. The van der Waals surface area contributed by atoms with Crippen LogP contribution in [-0.2, 0) is 0 Å². The van der Waals surface area contributed by atoms with E-state index in [0.717, 1.165) is 5.56 Å². The molecule has 0 saturated carbocycles. The van der Waals surface area contributed by atoms with Gasteiger partial charge in [-0.2, -0.15) is 0 Å². The summed E-state index contributed by atoms with van der Waals surface area (Å²) in [6.07, 6.45) is 3.51. The number of carbonyl (C=O) groups is 1. The van der Waals surface area contributed by atoms with Gasteiger partial charge in [0.2, 0.25) is 0 Å². The average Bonchev–Trinajstić information content (AvgIpc) is 2.36. The molecule has 0 fully saturated rings. The van der Waals surface area contributed by atoms with Crippen molar-refractivity contribution < 1.29 is 4.79 Å². The first-order chi connectivity index (χ1) is 9.29. The number of rotatable bonds is 5. The van der Waals surface area contributed by atoms with Gasteiger partial charge in [0.15, 0.2) is 5.78 Å². The zero-order valence-corrected chi connectivity index (χ0v) is 13.9. The molecule has 0 heterocycles. The van der Waals surface area contributed by atoms with E-state index in [4.69, 9.17) is 0 Å². The lowest BCUT2D eigenvalue weighted by atomic mass is 9.83. The standard InChI is InChI=1S/C19H28O/c1-8-9-18(20)19-16(13(4)5)10-15(12(2)3)11-17(19)14(6)7/h8-14H,1-7H3. The van der Waals surface area contributed by atoms with Gasteiger partial charge in [-0.15, -0.1) is 0 Å². The fourth-order valence-electron chi connectivity index (χ4n) is 2.48. The summed E-state index contributed by atoms with van der Waals surface area (Å²) in [4.78, 5) is 12.5. The molecule has 0 aliphatic carbocycles. The van der Waals surface area contributed by atoms with Crippen LogP contribution in [0.2, 0.25) is 0 Å². The van der Waals surface area contributed by atoms with Gasteiger partial charge in [0.05, 0.1) is 0 Å². The predicted octanol–water partition coefficient (Wildman–Crippen LogP) is 5.82. The van der Waals surface area contributed by atoms with Gasteiger partial charge in [0.1, 0.15) is 0 Å². The summed E-state index contributed by atoms with van der Waals surface area (Å²) in [5.41, 5.74) is 4.61. The van der Waals surface area contributed by atoms with E-state index >= 15 is 0 Å². The second kappa shape index (κ2) is 6.88. The minimum absolute atomic E-state index is 0.134. The van der Waals surface area contributed by atoms with Gasteiger partial charge < -0.3 is 0 Å². The third-order valence-corrected chi connectivity index (χ3v) is 3.70. The van der Waals surface area contributed by atoms with Gasteiger partial charge >= 0.3 is 0 Å². The lowest BCUT2D eigenvalue weighted by Gasteiger charge is -2.21. The van der Waals surface area contributed by atoms with Gasteiger partial charge in [-0.25, -0.2) is 0 Å². The summed E-state index contributed by atoms with van der Waals surface area (Å²) in [5.74, 6) is 1.33. The number of carbonyl (C=O) groups excluding carboxylic acids is 1. The van der Waals surface area contributed by atoms with Crippen molar-refractivity contribution in [1.82, 2.24) is 0 Å². The predicted molar refractivity (Wildman–Crippen MR) is 87.9 cm³/mol. The van der Waals surface area contributed by atoms with Crippen molar-refractivity contribution in [3.05, 3.63) is 46.5 Å². The lowest BCUT2D eigenvalue weighted by molar-refractivity contribution is 0.104. The van der Waals surface area contributed by atoms with Crippen LogP contribution >= 0.6 is 0 Å². The molecule has 0 aromatic heterocycles. The lowest BCUT2D eigenvalue weighted by Crippen LogP contribution is -2.10. The molecule has 110 valence electrons. The number of benzene rings is 1. The monoisotopic (exact) mass is 272 g/mol.